The van der Waals surface area contributed by atoms with Crippen LogP contribution in [0.15, 0.2) is 79.0 Å². The lowest BCUT2D eigenvalue weighted by molar-refractivity contribution is -0.137. The Labute approximate surface area is 200 Å². The minimum absolute atomic E-state index is 0.372. The summed E-state index contributed by atoms with van der Waals surface area (Å²) in [5.41, 5.74) is 1.96. The van der Waals surface area contributed by atoms with Gasteiger partial charge in [-0.3, -0.25) is 4.90 Å². The molecule has 0 saturated carbocycles. The van der Waals surface area contributed by atoms with Crippen molar-refractivity contribution in [3.63, 3.8) is 0 Å². The third kappa shape index (κ3) is 5.19. The minimum Gasteiger partial charge on any atom is -0.354 e. The van der Waals surface area contributed by atoms with E-state index < -0.39 is 11.7 Å². The van der Waals surface area contributed by atoms with Crippen molar-refractivity contribution in [1.29, 1.82) is 0 Å². The summed E-state index contributed by atoms with van der Waals surface area (Å²) in [6.07, 6.45) is -2.62. The van der Waals surface area contributed by atoms with Gasteiger partial charge in [-0.2, -0.15) is 18.3 Å². The SMILES string of the molecule is Fc1ccc(-n2nc(CN3CCN(c4ccccn4)CC3)cc2-c2ccc(C(F)(F)F)cc2)cc1. The van der Waals surface area contributed by atoms with Crippen LogP contribution >= 0.6 is 0 Å². The third-order valence-electron chi connectivity index (χ3n) is 6.07. The van der Waals surface area contributed by atoms with Crippen LogP contribution in [0.3, 0.4) is 0 Å². The fraction of sp³-hybridized carbons (Fsp3) is 0.231. The second-order valence-electron chi connectivity index (χ2n) is 8.44. The van der Waals surface area contributed by atoms with Gasteiger partial charge in [0, 0.05) is 44.5 Å². The van der Waals surface area contributed by atoms with Gasteiger partial charge < -0.3 is 4.90 Å². The van der Waals surface area contributed by atoms with Gasteiger partial charge in [0.1, 0.15) is 11.6 Å². The summed E-state index contributed by atoms with van der Waals surface area (Å²) in [6, 6.07) is 18.6. The van der Waals surface area contributed by atoms with Crippen LogP contribution in [0.4, 0.5) is 23.4 Å². The average Bonchev–Trinajstić information content (AvgIpc) is 3.29. The molecule has 0 amide bonds. The summed E-state index contributed by atoms with van der Waals surface area (Å²) in [5.74, 6) is 0.584. The van der Waals surface area contributed by atoms with Crippen molar-refractivity contribution in [3.8, 4) is 16.9 Å². The van der Waals surface area contributed by atoms with Crippen molar-refractivity contribution < 1.29 is 17.6 Å². The summed E-state index contributed by atoms with van der Waals surface area (Å²) in [5, 5.41) is 4.73. The molecule has 1 saturated heterocycles. The number of pyridine rings is 1. The molecule has 0 radical (unpaired) electrons. The summed E-state index contributed by atoms with van der Waals surface area (Å²) >= 11 is 0. The van der Waals surface area contributed by atoms with Gasteiger partial charge in [0.25, 0.3) is 0 Å². The predicted molar refractivity (Wildman–Crippen MR) is 126 cm³/mol. The Morgan fingerprint density at radius 3 is 2.17 bits per heavy atom. The highest BCUT2D eigenvalue weighted by molar-refractivity contribution is 5.63. The molecule has 0 aliphatic carbocycles. The molecule has 5 rings (SSSR count). The van der Waals surface area contributed by atoms with E-state index in [4.69, 9.17) is 5.10 Å². The van der Waals surface area contributed by atoms with Gasteiger partial charge in [-0.15, -0.1) is 0 Å². The number of benzene rings is 2. The third-order valence-corrected chi connectivity index (χ3v) is 6.07. The highest BCUT2D eigenvalue weighted by Gasteiger charge is 2.30. The molecule has 0 N–H and O–H groups in total. The van der Waals surface area contributed by atoms with Crippen LogP contribution in [0.2, 0.25) is 0 Å². The predicted octanol–water partition coefficient (Wildman–Crippen LogP) is 5.41. The van der Waals surface area contributed by atoms with Crippen LogP contribution < -0.4 is 4.90 Å². The van der Waals surface area contributed by atoms with Crippen molar-refractivity contribution in [2.45, 2.75) is 12.7 Å². The zero-order chi connectivity index (χ0) is 24.4. The maximum absolute atomic E-state index is 13.5. The van der Waals surface area contributed by atoms with E-state index in [9.17, 15) is 17.6 Å². The van der Waals surface area contributed by atoms with E-state index >= 15 is 0 Å². The lowest BCUT2D eigenvalue weighted by Crippen LogP contribution is -2.46. The van der Waals surface area contributed by atoms with Gasteiger partial charge in [0.05, 0.1) is 22.6 Å². The van der Waals surface area contributed by atoms with Crippen molar-refractivity contribution >= 4 is 5.82 Å². The largest absolute Gasteiger partial charge is 0.416 e. The van der Waals surface area contributed by atoms with E-state index in [1.54, 1.807) is 23.0 Å². The van der Waals surface area contributed by atoms with Crippen molar-refractivity contribution in [3.05, 3.63) is 96.1 Å². The lowest BCUT2D eigenvalue weighted by atomic mass is 10.1. The second kappa shape index (κ2) is 9.50. The molecule has 5 nitrogen and oxygen atoms in total. The number of piperazine rings is 1. The van der Waals surface area contributed by atoms with E-state index in [2.05, 4.69) is 14.8 Å². The first-order valence-electron chi connectivity index (χ1n) is 11.3. The topological polar surface area (TPSA) is 37.2 Å². The minimum atomic E-state index is -4.40. The maximum Gasteiger partial charge on any atom is 0.416 e. The van der Waals surface area contributed by atoms with E-state index in [1.807, 2.05) is 24.3 Å². The normalized spacial score (nSPS) is 14.9. The van der Waals surface area contributed by atoms with E-state index in [-0.39, 0.29) is 5.82 Å². The smallest absolute Gasteiger partial charge is 0.354 e. The number of nitrogens with zero attached hydrogens (tertiary/aromatic N) is 5. The van der Waals surface area contributed by atoms with Crippen LogP contribution in [0, 0.1) is 5.82 Å². The molecule has 0 spiro atoms. The lowest BCUT2D eigenvalue weighted by Gasteiger charge is -2.35. The molecule has 180 valence electrons. The molecule has 0 bridgehead atoms. The zero-order valence-electron chi connectivity index (χ0n) is 18.8. The fourth-order valence-electron chi connectivity index (χ4n) is 4.23. The van der Waals surface area contributed by atoms with Gasteiger partial charge in [-0.25, -0.2) is 14.1 Å². The summed E-state index contributed by atoms with van der Waals surface area (Å²) in [4.78, 5) is 8.94. The summed E-state index contributed by atoms with van der Waals surface area (Å²) in [6.45, 7) is 3.92. The first kappa shape index (κ1) is 23.0. The van der Waals surface area contributed by atoms with E-state index in [1.165, 1.54) is 24.3 Å². The van der Waals surface area contributed by atoms with Crippen molar-refractivity contribution in [2.75, 3.05) is 31.1 Å². The van der Waals surface area contributed by atoms with E-state index in [0.717, 1.165) is 49.8 Å². The van der Waals surface area contributed by atoms with Crippen LogP contribution in [0.25, 0.3) is 16.9 Å². The van der Waals surface area contributed by atoms with Crippen LogP contribution in [-0.2, 0) is 12.7 Å². The average molecular weight is 481 g/mol. The first-order chi connectivity index (χ1) is 16.9. The van der Waals surface area contributed by atoms with Crippen molar-refractivity contribution in [2.24, 2.45) is 0 Å². The second-order valence-corrected chi connectivity index (χ2v) is 8.44. The number of hydrogen-bond donors (Lipinski definition) is 0. The van der Waals surface area contributed by atoms with Gasteiger partial charge >= 0.3 is 6.18 Å². The number of aromatic nitrogens is 3. The number of anilines is 1. The molecular weight excluding hydrogens is 458 g/mol. The molecule has 1 aliphatic heterocycles. The van der Waals surface area contributed by atoms with Gasteiger partial charge in [0.15, 0.2) is 0 Å². The fourth-order valence-corrected chi connectivity index (χ4v) is 4.23. The number of alkyl halides is 3. The molecule has 3 heterocycles. The van der Waals surface area contributed by atoms with Gasteiger partial charge in [-0.1, -0.05) is 18.2 Å². The number of rotatable bonds is 5. The highest BCUT2D eigenvalue weighted by Crippen LogP contribution is 2.32. The standard InChI is InChI=1S/C26H23F4N5/c27-21-8-10-23(11-9-21)35-24(19-4-6-20(7-5-19)26(28,29)30)17-22(32-35)18-33-13-15-34(16-14-33)25-3-1-2-12-31-25/h1-12,17H,13-16,18H2. The molecule has 4 aromatic rings. The molecule has 9 heteroatoms. The maximum atomic E-state index is 13.5. The van der Waals surface area contributed by atoms with E-state index in [0.29, 0.717) is 23.5 Å². The molecule has 1 fully saturated rings. The Balaban J connectivity index is 1.38. The molecule has 2 aromatic heterocycles. The Hall–Kier alpha value is -3.72. The molecule has 0 unspecified atom stereocenters. The first-order valence-corrected chi connectivity index (χ1v) is 11.3. The number of halogens is 4. The molecule has 0 atom stereocenters. The summed E-state index contributed by atoms with van der Waals surface area (Å²) < 4.78 is 54.3. The quantitative estimate of drug-likeness (QED) is 0.357. The number of hydrogen-bond acceptors (Lipinski definition) is 4. The Bertz CT molecular complexity index is 1260. The summed E-state index contributed by atoms with van der Waals surface area (Å²) in [7, 11) is 0. The van der Waals surface area contributed by atoms with Crippen LogP contribution in [0.1, 0.15) is 11.3 Å². The van der Waals surface area contributed by atoms with Crippen LogP contribution in [-0.4, -0.2) is 45.8 Å². The zero-order valence-corrected chi connectivity index (χ0v) is 18.8. The van der Waals surface area contributed by atoms with Crippen molar-refractivity contribution in [1.82, 2.24) is 19.7 Å². The molecule has 2 aromatic carbocycles. The molecular formula is C26H23F4N5. The molecule has 1 aliphatic rings. The Morgan fingerprint density at radius 2 is 1.54 bits per heavy atom. The van der Waals surface area contributed by atoms with Gasteiger partial charge in [0.2, 0.25) is 0 Å². The highest BCUT2D eigenvalue weighted by atomic mass is 19.4. The Kier molecular flexibility index (Phi) is 6.25. The Morgan fingerprint density at radius 1 is 0.829 bits per heavy atom. The molecule has 35 heavy (non-hydrogen) atoms. The monoisotopic (exact) mass is 481 g/mol. The van der Waals surface area contributed by atoms with Crippen LogP contribution in [0.5, 0.6) is 0 Å². The van der Waals surface area contributed by atoms with Gasteiger partial charge in [-0.05, 0) is 54.6 Å².